The molecule has 5 heteroatoms. The molecule has 1 aliphatic carbocycles. The topological polar surface area (TPSA) is 63.8 Å². The number of ether oxygens (including phenoxy) is 1. The van der Waals surface area contributed by atoms with Crippen LogP contribution in [0.25, 0.3) is 22.2 Å². The van der Waals surface area contributed by atoms with Crippen LogP contribution in [0.4, 0.5) is 0 Å². The summed E-state index contributed by atoms with van der Waals surface area (Å²) in [6.45, 7) is 0.508. The molecule has 1 N–H and O–H groups in total. The van der Waals surface area contributed by atoms with Crippen molar-refractivity contribution in [3.05, 3.63) is 59.2 Å². The molecule has 2 aliphatic rings. The second kappa shape index (κ2) is 7.63. The zero-order valence-corrected chi connectivity index (χ0v) is 17.2. The summed E-state index contributed by atoms with van der Waals surface area (Å²) in [4.78, 5) is 12.2. The van der Waals surface area contributed by atoms with E-state index in [2.05, 4.69) is 34.0 Å². The van der Waals surface area contributed by atoms with Gasteiger partial charge in [-0.05, 0) is 42.0 Å². The van der Waals surface area contributed by atoms with Crippen molar-refractivity contribution in [2.24, 2.45) is 5.16 Å². The van der Waals surface area contributed by atoms with E-state index in [0.717, 1.165) is 11.2 Å². The van der Waals surface area contributed by atoms with Crippen molar-refractivity contribution >= 4 is 22.6 Å². The Labute approximate surface area is 176 Å². The maximum atomic E-state index is 12.2. The van der Waals surface area contributed by atoms with Crippen molar-refractivity contribution in [1.29, 1.82) is 0 Å². The van der Waals surface area contributed by atoms with Gasteiger partial charge in [-0.1, -0.05) is 54.8 Å². The van der Waals surface area contributed by atoms with Gasteiger partial charge in [-0.15, -0.1) is 0 Å². The van der Waals surface area contributed by atoms with Crippen LogP contribution in [0.2, 0.25) is 0 Å². The molecule has 0 saturated heterocycles. The van der Waals surface area contributed by atoms with Crippen LogP contribution in [0, 0.1) is 0 Å². The quantitative estimate of drug-likeness (QED) is 0.348. The van der Waals surface area contributed by atoms with Gasteiger partial charge in [0.05, 0.1) is 36.1 Å². The number of esters is 1. The smallest absolute Gasteiger partial charge is 0.337 e. The lowest BCUT2D eigenvalue weighted by Gasteiger charge is -2.23. The average molecular weight is 402 g/mol. The van der Waals surface area contributed by atoms with Gasteiger partial charge in [0.1, 0.15) is 0 Å². The van der Waals surface area contributed by atoms with Crippen molar-refractivity contribution in [2.45, 2.75) is 51.0 Å². The maximum absolute atomic E-state index is 12.2. The van der Waals surface area contributed by atoms with Crippen LogP contribution in [0.5, 0.6) is 0 Å². The summed E-state index contributed by atoms with van der Waals surface area (Å²) < 4.78 is 7.21. The first kappa shape index (κ1) is 18.9. The van der Waals surface area contributed by atoms with Gasteiger partial charge in [-0.3, -0.25) is 0 Å². The van der Waals surface area contributed by atoms with Crippen LogP contribution in [0.15, 0.2) is 47.6 Å². The van der Waals surface area contributed by atoms with Gasteiger partial charge >= 0.3 is 5.97 Å². The second-order valence-electron chi connectivity index (χ2n) is 8.41. The first-order valence-electron chi connectivity index (χ1n) is 10.7. The molecule has 0 unspecified atom stereocenters. The van der Waals surface area contributed by atoms with Crippen LogP contribution < -0.4 is 0 Å². The number of hydrogen-bond acceptors (Lipinski definition) is 4. The fraction of sp³-hybridized carbons (Fsp3) is 0.360. The van der Waals surface area contributed by atoms with Gasteiger partial charge in [0.15, 0.2) is 0 Å². The molecule has 154 valence electrons. The number of methoxy groups -OCH3 is 1. The lowest BCUT2D eigenvalue weighted by molar-refractivity contribution is 0.0601. The number of carbonyl (C=O) groups excluding carboxylic acids is 1. The third-order valence-electron chi connectivity index (χ3n) is 6.69. The Balaban J connectivity index is 1.85. The highest BCUT2D eigenvalue weighted by molar-refractivity contribution is 6.01. The highest BCUT2D eigenvalue weighted by Crippen LogP contribution is 2.45. The van der Waals surface area contributed by atoms with Crippen LogP contribution in [0.3, 0.4) is 0 Å². The zero-order chi connectivity index (χ0) is 20.7. The molecule has 0 bridgehead atoms. The van der Waals surface area contributed by atoms with Crippen molar-refractivity contribution in [2.75, 3.05) is 7.11 Å². The van der Waals surface area contributed by atoms with E-state index in [1.165, 1.54) is 67.0 Å². The number of fused-ring (bicyclic) bond motifs is 5. The number of nitrogens with zero attached hydrogens (tertiary/aromatic N) is 2. The van der Waals surface area contributed by atoms with Gasteiger partial charge in [0.2, 0.25) is 0 Å². The van der Waals surface area contributed by atoms with Crippen LogP contribution in [-0.4, -0.2) is 28.6 Å². The van der Waals surface area contributed by atoms with E-state index in [9.17, 15) is 10.0 Å². The molecule has 5 rings (SSSR count). The Bertz CT molecular complexity index is 1150. The Morgan fingerprint density at radius 2 is 1.93 bits per heavy atom. The summed E-state index contributed by atoms with van der Waals surface area (Å²) in [7, 11) is 1.41. The molecular weight excluding hydrogens is 376 g/mol. The Hall–Kier alpha value is -3.08. The minimum Gasteiger partial charge on any atom is -0.465 e. The molecule has 0 amide bonds. The SMILES string of the molecule is COC(=O)c1ccc2c(C3CCCCC3)c3n(c2c1)C/C(=N/O)Cc1ccccc1-3. The molecule has 0 spiro atoms. The molecule has 1 aromatic heterocycles. The monoisotopic (exact) mass is 402 g/mol. The van der Waals surface area contributed by atoms with E-state index < -0.39 is 0 Å². The maximum Gasteiger partial charge on any atom is 0.337 e. The molecule has 0 atom stereocenters. The lowest BCUT2D eigenvalue weighted by atomic mass is 9.81. The summed E-state index contributed by atoms with van der Waals surface area (Å²) in [5, 5.41) is 14.5. The predicted octanol–water partition coefficient (Wildman–Crippen LogP) is 5.53. The van der Waals surface area contributed by atoms with Gasteiger partial charge in [-0.25, -0.2) is 4.79 Å². The fourth-order valence-electron chi connectivity index (χ4n) is 5.31. The number of rotatable bonds is 2. The van der Waals surface area contributed by atoms with Crippen LogP contribution in [0.1, 0.15) is 59.5 Å². The molecule has 30 heavy (non-hydrogen) atoms. The highest BCUT2D eigenvalue weighted by Gasteiger charge is 2.30. The number of hydrogen-bond donors (Lipinski definition) is 1. The minimum atomic E-state index is -0.336. The molecule has 1 fully saturated rings. The van der Waals surface area contributed by atoms with E-state index in [1.54, 1.807) is 0 Å². The molecule has 5 nitrogen and oxygen atoms in total. The summed E-state index contributed by atoms with van der Waals surface area (Å²) in [5.74, 6) is 0.166. The highest BCUT2D eigenvalue weighted by atomic mass is 16.5. The van der Waals surface area contributed by atoms with E-state index in [-0.39, 0.29) is 5.97 Å². The van der Waals surface area contributed by atoms with E-state index in [4.69, 9.17) is 4.74 Å². The predicted molar refractivity (Wildman–Crippen MR) is 117 cm³/mol. The largest absolute Gasteiger partial charge is 0.465 e. The van der Waals surface area contributed by atoms with E-state index in [0.29, 0.717) is 24.4 Å². The van der Waals surface area contributed by atoms with Crippen molar-refractivity contribution in [1.82, 2.24) is 4.57 Å². The molecule has 2 aromatic carbocycles. The third-order valence-corrected chi connectivity index (χ3v) is 6.69. The van der Waals surface area contributed by atoms with Crippen molar-refractivity contribution in [3.8, 4) is 11.3 Å². The van der Waals surface area contributed by atoms with E-state index in [1.807, 2.05) is 18.2 Å². The molecule has 1 saturated carbocycles. The normalized spacial score (nSPS) is 18.1. The minimum absolute atomic E-state index is 0.336. The lowest BCUT2D eigenvalue weighted by Crippen LogP contribution is -2.11. The molecule has 0 radical (unpaired) electrons. The zero-order valence-electron chi connectivity index (χ0n) is 17.2. The number of carbonyl (C=O) groups is 1. The van der Waals surface area contributed by atoms with Gasteiger partial charge in [0, 0.05) is 17.4 Å². The average Bonchev–Trinajstić information content (AvgIpc) is 3.01. The fourth-order valence-corrected chi connectivity index (χ4v) is 5.31. The third kappa shape index (κ3) is 3.00. The number of aromatic nitrogens is 1. The summed E-state index contributed by atoms with van der Waals surface area (Å²) >= 11 is 0. The molecule has 1 aliphatic heterocycles. The number of oxime groups is 1. The summed E-state index contributed by atoms with van der Waals surface area (Å²) in [6.07, 6.45) is 6.80. The van der Waals surface area contributed by atoms with Gasteiger partial charge in [0.25, 0.3) is 0 Å². The Morgan fingerprint density at radius 1 is 1.13 bits per heavy atom. The molecule has 2 heterocycles. The van der Waals surface area contributed by atoms with Crippen molar-refractivity contribution < 1.29 is 14.7 Å². The molecule has 3 aromatic rings. The van der Waals surface area contributed by atoms with Crippen LogP contribution in [-0.2, 0) is 17.7 Å². The molecular formula is C25H26N2O3. The summed E-state index contributed by atoms with van der Waals surface area (Å²) in [5.41, 5.74) is 7.24. The Morgan fingerprint density at radius 3 is 2.70 bits per heavy atom. The number of benzene rings is 2. The van der Waals surface area contributed by atoms with E-state index >= 15 is 0 Å². The Kier molecular flexibility index (Phi) is 4.81. The van der Waals surface area contributed by atoms with Crippen LogP contribution >= 0.6 is 0 Å². The first-order chi connectivity index (χ1) is 14.7. The summed E-state index contributed by atoms with van der Waals surface area (Å²) in [6, 6.07) is 14.3. The van der Waals surface area contributed by atoms with Crippen molar-refractivity contribution in [3.63, 3.8) is 0 Å². The standard InChI is InChI=1S/C25H26N2O3/c1-30-25(28)18-11-12-21-22(14-18)27-15-19(26-29)13-17-9-5-6-10-20(17)24(27)23(21)16-7-3-2-4-8-16/h5-6,9-12,14,16,29H,2-4,7-8,13,15H2,1H3/b26-19+. The van der Waals surface area contributed by atoms with Gasteiger partial charge in [-0.2, -0.15) is 0 Å². The van der Waals surface area contributed by atoms with Gasteiger partial charge < -0.3 is 14.5 Å². The first-order valence-corrected chi connectivity index (χ1v) is 10.7. The second-order valence-corrected chi connectivity index (χ2v) is 8.41.